The van der Waals surface area contributed by atoms with Crippen molar-refractivity contribution >= 4 is 11.9 Å². The van der Waals surface area contributed by atoms with Crippen LogP contribution in [0.25, 0.3) is 0 Å². The van der Waals surface area contributed by atoms with Crippen LogP contribution in [0, 0.1) is 5.92 Å². The fourth-order valence-electron chi connectivity index (χ4n) is 3.70. The van der Waals surface area contributed by atoms with E-state index in [2.05, 4.69) is 34.3 Å². The van der Waals surface area contributed by atoms with E-state index in [0.29, 0.717) is 6.04 Å². The fraction of sp³-hybridized carbons (Fsp3) is 0.895. The summed E-state index contributed by atoms with van der Waals surface area (Å²) in [5.41, 5.74) is 5.46. The number of piperidine rings is 1. The number of carbonyl (C=O) groups is 1. The van der Waals surface area contributed by atoms with Crippen molar-refractivity contribution in [1.82, 2.24) is 20.4 Å². The summed E-state index contributed by atoms with van der Waals surface area (Å²) in [5.74, 6) is 0.743. The molecule has 8 heteroatoms. The second-order valence-corrected chi connectivity index (χ2v) is 7.54. The summed E-state index contributed by atoms with van der Waals surface area (Å²) in [6, 6.07) is 0.420. The van der Waals surface area contributed by atoms with Crippen molar-refractivity contribution in [3.8, 4) is 0 Å². The van der Waals surface area contributed by atoms with Crippen molar-refractivity contribution in [3.63, 3.8) is 0 Å². The molecule has 27 heavy (non-hydrogen) atoms. The molecule has 2 fully saturated rings. The van der Waals surface area contributed by atoms with Crippen LogP contribution in [-0.4, -0.2) is 93.3 Å². The number of aliphatic imine (C=N–C) groups is 1. The monoisotopic (exact) mass is 382 g/mol. The van der Waals surface area contributed by atoms with Crippen LogP contribution < -0.4 is 16.4 Å². The predicted molar refractivity (Wildman–Crippen MR) is 109 cm³/mol. The lowest BCUT2D eigenvalue weighted by atomic mass is 9.97. The van der Waals surface area contributed by atoms with Gasteiger partial charge in [0.05, 0.1) is 25.7 Å². The first-order chi connectivity index (χ1) is 13.1. The highest BCUT2D eigenvalue weighted by atomic mass is 16.5. The van der Waals surface area contributed by atoms with Gasteiger partial charge >= 0.3 is 0 Å². The number of morpholine rings is 1. The number of carbonyl (C=O) groups excluding carboxylic acids is 1. The van der Waals surface area contributed by atoms with Gasteiger partial charge in [0.25, 0.3) is 0 Å². The lowest BCUT2D eigenvalue weighted by Gasteiger charge is -2.31. The van der Waals surface area contributed by atoms with E-state index in [1.807, 2.05) is 0 Å². The normalized spacial score (nSPS) is 23.8. The Morgan fingerprint density at radius 2 is 2.07 bits per heavy atom. The van der Waals surface area contributed by atoms with Crippen LogP contribution in [-0.2, 0) is 9.53 Å². The molecule has 2 aliphatic rings. The Bertz CT molecular complexity index is 467. The number of nitrogens with zero attached hydrogens (tertiary/aromatic N) is 3. The van der Waals surface area contributed by atoms with Crippen LogP contribution in [0.1, 0.15) is 33.1 Å². The third-order valence-corrected chi connectivity index (χ3v) is 5.38. The predicted octanol–water partition coefficient (Wildman–Crippen LogP) is -0.150. The maximum Gasteiger partial charge on any atom is 0.221 e. The summed E-state index contributed by atoms with van der Waals surface area (Å²) in [7, 11) is 0. The van der Waals surface area contributed by atoms with Crippen LogP contribution in [0.5, 0.6) is 0 Å². The molecule has 2 rings (SSSR count). The molecule has 0 spiro atoms. The SMILES string of the molecule is CCNC(=NCC(C)N1CCOCC1)NCCCN1CCCC(C(N)=O)C1. The summed E-state index contributed by atoms with van der Waals surface area (Å²) < 4.78 is 5.42. The van der Waals surface area contributed by atoms with Gasteiger partial charge in [0.2, 0.25) is 5.91 Å². The zero-order valence-electron chi connectivity index (χ0n) is 17.1. The van der Waals surface area contributed by atoms with Gasteiger partial charge in [-0.05, 0) is 46.2 Å². The summed E-state index contributed by atoms with van der Waals surface area (Å²) in [6.45, 7) is 13.3. The third kappa shape index (κ3) is 8.02. The maximum absolute atomic E-state index is 11.4. The van der Waals surface area contributed by atoms with Gasteiger partial charge < -0.3 is 26.0 Å². The zero-order chi connectivity index (χ0) is 19.5. The Kier molecular flexibility index (Phi) is 9.86. The molecule has 2 saturated heterocycles. The minimum Gasteiger partial charge on any atom is -0.379 e. The van der Waals surface area contributed by atoms with Crippen LogP contribution in [0.15, 0.2) is 4.99 Å². The van der Waals surface area contributed by atoms with Crippen LogP contribution in [0.4, 0.5) is 0 Å². The molecule has 2 unspecified atom stereocenters. The average Bonchev–Trinajstić information content (AvgIpc) is 2.69. The number of rotatable bonds is 9. The lowest BCUT2D eigenvalue weighted by molar-refractivity contribution is -0.123. The van der Waals surface area contributed by atoms with Crippen molar-refractivity contribution < 1.29 is 9.53 Å². The van der Waals surface area contributed by atoms with E-state index in [0.717, 1.165) is 90.8 Å². The number of hydrogen-bond donors (Lipinski definition) is 3. The van der Waals surface area contributed by atoms with E-state index >= 15 is 0 Å². The summed E-state index contributed by atoms with van der Waals surface area (Å²) >= 11 is 0. The van der Waals surface area contributed by atoms with Crippen molar-refractivity contribution in [2.75, 3.05) is 65.6 Å². The molecular formula is C19H38N6O2. The highest BCUT2D eigenvalue weighted by Crippen LogP contribution is 2.15. The van der Waals surface area contributed by atoms with Gasteiger partial charge in [-0.25, -0.2) is 0 Å². The molecule has 0 aromatic carbocycles. The minimum absolute atomic E-state index is 0.0206. The summed E-state index contributed by atoms with van der Waals surface area (Å²) in [5, 5.41) is 6.75. The standard InChI is InChI=1S/C19H38N6O2/c1-3-21-19(23-14-16(2)25-10-12-27-13-11-25)22-7-5-9-24-8-4-6-17(15-24)18(20)26/h16-17H,3-15H2,1-2H3,(H2,20,26)(H2,21,22,23). The first-order valence-corrected chi connectivity index (χ1v) is 10.5. The van der Waals surface area contributed by atoms with E-state index in [-0.39, 0.29) is 11.8 Å². The molecule has 156 valence electrons. The Morgan fingerprint density at radius 3 is 2.78 bits per heavy atom. The van der Waals surface area contributed by atoms with Crippen molar-refractivity contribution in [1.29, 1.82) is 0 Å². The maximum atomic E-state index is 11.4. The first-order valence-electron chi connectivity index (χ1n) is 10.5. The highest BCUT2D eigenvalue weighted by molar-refractivity contribution is 5.79. The van der Waals surface area contributed by atoms with E-state index in [1.54, 1.807) is 0 Å². The molecule has 2 heterocycles. The topological polar surface area (TPSA) is 95.2 Å². The van der Waals surface area contributed by atoms with Crippen molar-refractivity contribution in [3.05, 3.63) is 0 Å². The molecule has 0 aromatic heterocycles. The van der Waals surface area contributed by atoms with E-state index in [1.165, 1.54) is 0 Å². The summed E-state index contributed by atoms with van der Waals surface area (Å²) in [4.78, 5) is 20.9. The molecule has 4 N–H and O–H groups in total. The largest absolute Gasteiger partial charge is 0.379 e. The van der Waals surface area contributed by atoms with Gasteiger partial charge in [0.1, 0.15) is 0 Å². The average molecular weight is 383 g/mol. The number of nitrogens with one attached hydrogen (secondary N) is 2. The molecule has 8 nitrogen and oxygen atoms in total. The molecule has 0 aliphatic carbocycles. The van der Waals surface area contributed by atoms with E-state index in [9.17, 15) is 4.79 Å². The van der Waals surface area contributed by atoms with Crippen LogP contribution >= 0.6 is 0 Å². The Hall–Kier alpha value is -1.38. The Labute approximate surface area is 163 Å². The number of likely N-dealkylation sites (tertiary alicyclic amines) is 1. The van der Waals surface area contributed by atoms with E-state index < -0.39 is 0 Å². The second-order valence-electron chi connectivity index (χ2n) is 7.54. The van der Waals surface area contributed by atoms with Crippen LogP contribution in [0.3, 0.4) is 0 Å². The van der Waals surface area contributed by atoms with Gasteiger partial charge in [0.15, 0.2) is 5.96 Å². The first kappa shape index (κ1) is 21.9. The molecule has 0 bridgehead atoms. The summed E-state index contributed by atoms with van der Waals surface area (Å²) in [6.07, 6.45) is 3.02. The fourth-order valence-corrected chi connectivity index (χ4v) is 3.70. The molecule has 0 saturated carbocycles. The van der Waals surface area contributed by atoms with Gasteiger partial charge in [-0.15, -0.1) is 0 Å². The van der Waals surface area contributed by atoms with E-state index in [4.69, 9.17) is 15.5 Å². The quantitative estimate of drug-likeness (QED) is 0.292. The number of hydrogen-bond acceptors (Lipinski definition) is 5. The van der Waals surface area contributed by atoms with Crippen molar-refractivity contribution in [2.24, 2.45) is 16.6 Å². The Balaban J connectivity index is 1.68. The third-order valence-electron chi connectivity index (χ3n) is 5.38. The molecule has 0 radical (unpaired) electrons. The number of guanidine groups is 1. The van der Waals surface area contributed by atoms with Gasteiger partial charge in [0, 0.05) is 38.8 Å². The minimum atomic E-state index is -0.159. The number of nitrogens with two attached hydrogens (primary N) is 1. The number of ether oxygens (including phenoxy) is 1. The van der Waals surface area contributed by atoms with Crippen molar-refractivity contribution in [2.45, 2.75) is 39.2 Å². The van der Waals surface area contributed by atoms with Gasteiger partial charge in [-0.1, -0.05) is 0 Å². The highest BCUT2D eigenvalue weighted by Gasteiger charge is 2.23. The Morgan fingerprint density at radius 1 is 1.30 bits per heavy atom. The van der Waals surface area contributed by atoms with Gasteiger partial charge in [-0.3, -0.25) is 14.7 Å². The molecule has 2 aliphatic heterocycles. The molecule has 1 amide bonds. The molecular weight excluding hydrogens is 344 g/mol. The lowest BCUT2D eigenvalue weighted by Crippen LogP contribution is -2.45. The second kappa shape index (κ2) is 12.2. The number of primary amides is 1. The molecule has 2 atom stereocenters. The number of amides is 1. The van der Waals surface area contributed by atoms with Crippen LogP contribution in [0.2, 0.25) is 0 Å². The zero-order valence-corrected chi connectivity index (χ0v) is 17.1. The smallest absolute Gasteiger partial charge is 0.221 e. The van der Waals surface area contributed by atoms with Gasteiger partial charge in [-0.2, -0.15) is 0 Å². The molecule has 0 aromatic rings.